The van der Waals surface area contributed by atoms with Crippen LogP contribution in [0.3, 0.4) is 0 Å². The molecule has 2 atom stereocenters. The van der Waals surface area contributed by atoms with Gasteiger partial charge in [0.2, 0.25) is 5.91 Å². The number of rotatable bonds is 4. The first kappa shape index (κ1) is 13.8. The first-order valence-corrected chi connectivity index (χ1v) is 7.78. The zero-order chi connectivity index (χ0) is 12.3. The minimum Gasteiger partial charge on any atom is -0.337 e. The summed E-state index contributed by atoms with van der Waals surface area (Å²) in [6.45, 7) is 4.16. The summed E-state index contributed by atoms with van der Waals surface area (Å²) in [5.41, 5.74) is 0. The van der Waals surface area contributed by atoms with Crippen LogP contribution in [-0.2, 0) is 14.6 Å². The van der Waals surface area contributed by atoms with Crippen molar-refractivity contribution in [3.8, 4) is 0 Å². The van der Waals surface area contributed by atoms with Gasteiger partial charge in [-0.3, -0.25) is 4.79 Å². The number of carbonyl (C=O) groups excluding carboxylic acids is 1. The predicted molar refractivity (Wildman–Crippen MR) is 64.4 cm³/mol. The van der Waals surface area contributed by atoms with Gasteiger partial charge in [0.15, 0.2) is 9.84 Å². The van der Waals surface area contributed by atoms with E-state index < -0.39 is 15.2 Å². The van der Waals surface area contributed by atoms with Crippen molar-refractivity contribution in [1.29, 1.82) is 0 Å². The number of carbonyl (C=O) groups is 1. The molecule has 0 N–H and O–H groups in total. The average Bonchev–Trinajstić information content (AvgIpc) is 2.54. The van der Waals surface area contributed by atoms with E-state index >= 15 is 0 Å². The highest BCUT2D eigenvalue weighted by Gasteiger charge is 2.35. The van der Waals surface area contributed by atoms with E-state index in [4.69, 9.17) is 11.6 Å². The molecule has 0 saturated carbocycles. The van der Waals surface area contributed by atoms with Gasteiger partial charge in [-0.1, -0.05) is 6.92 Å². The number of hydrogen-bond acceptors (Lipinski definition) is 3. The molecule has 1 amide bonds. The van der Waals surface area contributed by atoms with Crippen molar-refractivity contribution in [2.75, 3.05) is 18.1 Å². The normalized spacial score (nSPS) is 25.3. The van der Waals surface area contributed by atoms with Crippen LogP contribution in [0.2, 0.25) is 0 Å². The summed E-state index contributed by atoms with van der Waals surface area (Å²) in [7, 11) is -2.95. The molecule has 16 heavy (non-hydrogen) atoms. The molecule has 1 aliphatic heterocycles. The Bertz CT molecular complexity index is 353. The summed E-state index contributed by atoms with van der Waals surface area (Å²) in [6.07, 6.45) is 1.35. The van der Waals surface area contributed by atoms with Crippen molar-refractivity contribution in [3.63, 3.8) is 0 Å². The maximum Gasteiger partial charge on any atom is 0.240 e. The zero-order valence-electron chi connectivity index (χ0n) is 9.65. The quantitative estimate of drug-likeness (QED) is 0.715. The molecule has 1 saturated heterocycles. The van der Waals surface area contributed by atoms with Crippen LogP contribution in [0.1, 0.15) is 26.7 Å². The van der Waals surface area contributed by atoms with Crippen molar-refractivity contribution in [1.82, 2.24) is 4.90 Å². The van der Waals surface area contributed by atoms with Gasteiger partial charge in [-0.2, -0.15) is 0 Å². The second-order valence-electron chi connectivity index (χ2n) is 4.20. The lowest BCUT2D eigenvalue weighted by atomic mass is 10.2. The number of sulfone groups is 1. The Morgan fingerprint density at radius 2 is 2.19 bits per heavy atom. The van der Waals surface area contributed by atoms with Gasteiger partial charge in [-0.15, -0.1) is 11.6 Å². The molecule has 0 bridgehead atoms. The standard InChI is InChI=1S/C10H18ClNO3S/c1-3-5-12(10(13)8(2)11)9-4-6-16(14,15)7-9/h8-9H,3-7H2,1-2H3/t8-,9+/m1/s1. The van der Waals surface area contributed by atoms with Crippen LogP contribution in [0.4, 0.5) is 0 Å². The molecule has 1 aliphatic rings. The lowest BCUT2D eigenvalue weighted by molar-refractivity contribution is -0.132. The minimum atomic E-state index is -2.95. The smallest absolute Gasteiger partial charge is 0.240 e. The molecular formula is C10H18ClNO3S. The Morgan fingerprint density at radius 3 is 2.56 bits per heavy atom. The van der Waals surface area contributed by atoms with E-state index in [1.807, 2.05) is 6.92 Å². The fourth-order valence-electron chi connectivity index (χ4n) is 1.96. The van der Waals surface area contributed by atoms with Crippen LogP contribution in [0.25, 0.3) is 0 Å². The first-order valence-electron chi connectivity index (χ1n) is 5.52. The van der Waals surface area contributed by atoms with Gasteiger partial charge in [-0.05, 0) is 19.8 Å². The van der Waals surface area contributed by atoms with Crippen LogP contribution in [0.15, 0.2) is 0 Å². The molecule has 94 valence electrons. The molecule has 1 heterocycles. The average molecular weight is 268 g/mol. The molecule has 0 aromatic rings. The minimum absolute atomic E-state index is 0.0857. The summed E-state index contributed by atoms with van der Waals surface area (Å²) in [6, 6.07) is -0.182. The molecule has 0 spiro atoms. The highest BCUT2D eigenvalue weighted by atomic mass is 35.5. The van der Waals surface area contributed by atoms with Gasteiger partial charge in [0, 0.05) is 12.6 Å². The van der Waals surface area contributed by atoms with E-state index in [2.05, 4.69) is 0 Å². The molecule has 0 radical (unpaired) electrons. The fourth-order valence-corrected chi connectivity index (χ4v) is 3.82. The topological polar surface area (TPSA) is 54.5 Å². The van der Waals surface area contributed by atoms with Crippen LogP contribution in [0.5, 0.6) is 0 Å². The van der Waals surface area contributed by atoms with E-state index in [0.29, 0.717) is 13.0 Å². The van der Waals surface area contributed by atoms with Crippen LogP contribution < -0.4 is 0 Å². The van der Waals surface area contributed by atoms with Crippen molar-refractivity contribution >= 4 is 27.3 Å². The Morgan fingerprint density at radius 1 is 1.56 bits per heavy atom. The molecular weight excluding hydrogens is 250 g/mol. The molecule has 0 unspecified atom stereocenters. The number of alkyl halides is 1. The summed E-state index contributed by atoms with van der Waals surface area (Å²) < 4.78 is 22.7. The lowest BCUT2D eigenvalue weighted by Crippen LogP contribution is -2.44. The lowest BCUT2D eigenvalue weighted by Gasteiger charge is -2.28. The molecule has 0 aliphatic carbocycles. The number of hydrogen-bond donors (Lipinski definition) is 0. The van der Waals surface area contributed by atoms with Crippen molar-refractivity contribution < 1.29 is 13.2 Å². The summed E-state index contributed by atoms with van der Waals surface area (Å²) in [5, 5.41) is -0.588. The second-order valence-corrected chi connectivity index (χ2v) is 7.09. The molecule has 0 aromatic heterocycles. The molecule has 0 aromatic carbocycles. The van der Waals surface area contributed by atoms with Gasteiger partial charge in [0.25, 0.3) is 0 Å². The van der Waals surface area contributed by atoms with Gasteiger partial charge < -0.3 is 4.90 Å². The summed E-state index contributed by atoms with van der Waals surface area (Å²) in [4.78, 5) is 13.5. The van der Waals surface area contributed by atoms with Crippen molar-refractivity contribution in [2.24, 2.45) is 0 Å². The number of nitrogens with zero attached hydrogens (tertiary/aromatic N) is 1. The number of halogens is 1. The van der Waals surface area contributed by atoms with E-state index in [0.717, 1.165) is 6.42 Å². The maximum atomic E-state index is 11.8. The van der Waals surface area contributed by atoms with Gasteiger partial charge in [0.05, 0.1) is 11.5 Å². The van der Waals surface area contributed by atoms with E-state index in [9.17, 15) is 13.2 Å². The summed E-state index contributed by atoms with van der Waals surface area (Å²) >= 11 is 5.77. The molecule has 4 nitrogen and oxygen atoms in total. The van der Waals surface area contributed by atoms with E-state index in [1.54, 1.807) is 11.8 Å². The van der Waals surface area contributed by atoms with Gasteiger partial charge in [0.1, 0.15) is 5.38 Å². The van der Waals surface area contributed by atoms with E-state index in [1.165, 1.54) is 0 Å². The molecule has 6 heteroatoms. The third-order valence-corrected chi connectivity index (χ3v) is 4.67. The van der Waals surface area contributed by atoms with E-state index in [-0.39, 0.29) is 23.5 Å². The highest BCUT2D eigenvalue weighted by molar-refractivity contribution is 7.91. The number of amides is 1. The Hall–Kier alpha value is -0.290. The zero-order valence-corrected chi connectivity index (χ0v) is 11.2. The van der Waals surface area contributed by atoms with Crippen LogP contribution in [-0.4, -0.2) is 48.7 Å². The monoisotopic (exact) mass is 267 g/mol. The Labute approximate surface area is 102 Å². The Balaban J connectivity index is 2.75. The fraction of sp³-hybridized carbons (Fsp3) is 0.900. The predicted octanol–water partition coefficient (Wildman–Crippen LogP) is 1.04. The second kappa shape index (κ2) is 5.36. The highest BCUT2D eigenvalue weighted by Crippen LogP contribution is 2.19. The SMILES string of the molecule is CCCN(C(=O)[C@@H](C)Cl)[C@H]1CCS(=O)(=O)C1. The maximum absolute atomic E-state index is 11.8. The van der Waals surface area contributed by atoms with Gasteiger partial charge >= 0.3 is 0 Å². The van der Waals surface area contributed by atoms with Crippen LogP contribution in [0, 0.1) is 0 Å². The van der Waals surface area contributed by atoms with Crippen molar-refractivity contribution in [2.45, 2.75) is 38.1 Å². The molecule has 1 rings (SSSR count). The van der Waals surface area contributed by atoms with Crippen molar-refractivity contribution in [3.05, 3.63) is 0 Å². The third kappa shape index (κ3) is 3.35. The Kier molecular flexibility index (Phi) is 4.62. The molecule has 1 fully saturated rings. The van der Waals surface area contributed by atoms with Gasteiger partial charge in [-0.25, -0.2) is 8.42 Å². The third-order valence-electron chi connectivity index (χ3n) is 2.74. The van der Waals surface area contributed by atoms with Crippen LogP contribution >= 0.6 is 11.6 Å². The largest absolute Gasteiger partial charge is 0.337 e. The first-order chi connectivity index (χ1) is 7.37. The summed E-state index contributed by atoms with van der Waals surface area (Å²) in [5.74, 6) is 0.107.